The Labute approximate surface area is 174 Å². The van der Waals surface area contributed by atoms with Gasteiger partial charge in [0.15, 0.2) is 17.2 Å². The van der Waals surface area contributed by atoms with Crippen molar-refractivity contribution < 1.29 is 24.1 Å². The van der Waals surface area contributed by atoms with E-state index in [4.69, 9.17) is 14.2 Å². The van der Waals surface area contributed by atoms with E-state index >= 15 is 0 Å². The first-order valence-corrected chi connectivity index (χ1v) is 9.76. The molecule has 0 aliphatic carbocycles. The number of fused-ring (bicyclic) bond motifs is 1. The van der Waals surface area contributed by atoms with Gasteiger partial charge in [-0.3, -0.25) is 9.48 Å². The van der Waals surface area contributed by atoms with Crippen molar-refractivity contribution >= 4 is 16.8 Å². The molecule has 1 aromatic heterocycles. The van der Waals surface area contributed by atoms with E-state index in [0.29, 0.717) is 30.3 Å². The minimum atomic E-state index is -0.559. The quantitative estimate of drug-likeness (QED) is 0.693. The Balaban J connectivity index is 1.78. The molecule has 1 amide bonds. The van der Waals surface area contributed by atoms with Crippen molar-refractivity contribution in [2.75, 3.05) is 34.0 Å². The van der Waals surface area contributed by atoms with Crippen LogP contribution in [0.5, 0.6) is 11.5 Å². The normalized spacial score (nSPS) is 19.1. The maximum atomic E-state index is 13.6. The van der Waals surface area contributed by atoms with E-state index in [2.05, 4.69) is 5.10 Å². The van der Waals surface area contributed by atoms with Gasteiger partial charge in [0, 0.05) is 19.0 Å². The Hall–Kier alpha value is -3.10. The average Bonchev–Trinajstić information content (AvgIpc) is 3.14. The standard InChI is InChI=1S/C22H25N3O5/c1-24-16-7-5-4-6-15(16)20(23-24)22(27)25-10-11-30-19(13-26)21(25)14-8-9-17(28-2)18(12-14)29-3/h4-9,12,19,21,26H,10-11,13H2,1-3H3/t19-,21-/m1/s1. The lowest BCUT2D eigenvalue weighted by atomic mass is 9.97. The van der Waals surface area contributed by atoms with Crippen LogP contribution >= 0.6 is 0 Å². The van der Waals surface area contributed by atoms with Gasteiger partial charge in [-0.15, -0.1) is 0 Å². The molecule has 2 aromatic carbocycles. The molecule has 1 fully saturated rings. The first kappa shape index (κ1) is 20.2. The highest BCUT2D eigenvalue weighted by atomic mass is 16.5. The molecule has 1 aliphatic heterocycles. The Kier molecular flexibility index (Phi) is 5.61. The Morgan fingerprint density at radius 1 is 1.20 bits per heavy atom. The third kappa shape index (κ3) is 3.38. The minimum absolute atomic E-state index is 0.201. The number of carbonyl (C=O) groups excluding carboxylic acids is 1. The number of hydrogen-bond acceptors (Lipinski definition) is 6. The molecule has 0 spiro atoms. The SMILES string of the molecule is COc1ccc([C@@H]2[C@@H](CO)OCCN2C(=O)c2nn(C)c3ccccc23)cc1OC. The van der Waals surface area contributed by atoms with Crippen LogP contribution in [0.4, 0.5) is 0 Å². The van der Waals surface area contributed by atoms with Gasteiger partial charge in [0.1, 0.15) is 6.10 Å². The Morgan fingerprint density at radius 3 is 2.70 bits per heavy atom. The smallest absolute Gasteiger partial charge is 0.275 e. The molecule has 1 aliphatic rings. The van der Waals surface area contributed by atoms with Gasteiger partial charge in [-0.2, -0.15) is 5.10 Å². The topological polar surface area (TPSA) is 86.0 Å². The number of nitrogens with zero attached hydrogens (tertiary/aromatic N) is 3. The third-order valence-electron chi connectivity index (χ3n) is 5.50. The van der Waals surface area contributed by atoms with E-state index in [-0.39, 0.29) is 12.5 Å². The molecule has 158 valence electrons. The summed E-state index contributed by atoms with van der Waals surface area (Å²) in [6.07, 6.45) is -0.559. The summed E-state index contributed by atoms with van der Waals surface area (Å²) in [5, 5.41) is 15.2. The van der Waals surface area contributed by atoms with Crippen LogP contribution in [0, 0.1) is 0 Å². The highest BCUT2D eigenvalue weighted by molar-refractivity contribution is 6.05. The number of aromatic nitrogens is 2. The van der Waals surface area contributed by atoms with Crippen molar-refractivity contribution in [3.8, 4) is 11.5 Å². The largest absolute Gasteiger partial charge is 0.493 e. The van der Waals surface area contributed by atoms with Crippen molar-refractivity contribution in [3.05, 3.63) is 53.7 Å². The number of para-hydroxylation sites is 1. The summed E-state index contributed by atoms with van der Waals surface area (Å²) in [4.78, 5) is 15.3. The Bertz CT molecular complexity index is 1060. The van der Waals surface area contributed by atoms with Crippen molar-refractivity contribution in [3.63, 3.8) is 0 Å². The molecule has 2 atom stereocenters. The van der Waals surface area contributed by atoms with E-state index in [1.807, 2.05) is 43.4 Å². The van der Waals surface area contributed by atoms with Crippen molar-refractivity contribution in [1.29, 1.82) is 0 Å². The number of morpholine rings is 1. The molecular formula is C22H25N3O5. The molecule has 30 heavy (non-hydrogen) atoms. The van der Waals surface area contributed by atoms with Crippen LogP contribution in [0.3, 0.4) is 0 Å². The van der Waals surface area contributed by atoms with Gasteiger partial charge >= 0.3 is 0 Å². The lowest BCUT2D eigenvalue weighted by Gasteiger charge is -2.40. The van der Waals surface area contributed by atoms with E-state index in [0.717, 1.165) is 16.5 Å². The van der Waals surface area contributed by atoms with Gasteiger partial charge in [-0.1, -0.05) is 24.3 Å². The number of carbonyl (C=O) groups is 1. The maximum Gasteiger partial charge on any atom is 0.275 e. The summed E-state index contributed by atoms with van der Waals surface area (Å²) in [6, 6.07) is 12.6. The molecule has 0 radical (unpaired) electrons. The summed E-state index contributed by atoms with van der Waals surface area (Å²) in [7, 11) is 4.95. The summed E-state index contributed by atoms with van der Waals surface area (Å²) in [5.41, 5.74) is 2.06. The summed E-state index contributed by atoms with van der Waals surface area (Å²) in [6.45, 7) is 0.510. The van der Waals surface area contributed by atoms with Crippen LogP contribution < -0.4 is 9.47 Å². The van der Waals surface area contributed by atoms with Crippen molar-refractivity contribution in [1.82, 2.24) is 14.7 Å². The first-order chi connectivity index (χ1) is 14.6. The zero-order valence-electron chi connectivity index (χ0n) is 17.2. The van der Waals surface area contributed by atoms with Crippen LogP contribution in [0.25, 0.3) is 10.9 Å². The van der Waals surface area contributed by atoms with Crippen molar-refractivity contribution in [2.45, 2.75) is 12.1 Å². The lowest BCUT2D eigenvalue weighted by molar-refractivity contribution is -0.0812. The molecule has 0 bridgehead atoms. The van der Waals surface area contributed by atoms with Crippen LogP contribution in [-0.2, 0) is 11.8 Å². The molecule has 4 rings (SSSR count). The molecule has 8 heteroatoms. The monoisotopic (exact) mass is 411 g/mol. The number of aliphatic hydroxyl groups is 1. The molecule has 2 heterocycles. The molecule has 8 nitrogen and oxygen atoms in total. The van der Waals surface area contributed by atoms with E-state index < -0.39 is 12.1 Å². The Morgan fingerprint density at radius 2 is 1.97 bits per heavy atom. The van der Waals surface area contributed by atoms with Crippen LogP contribution in [0.15, 0.2) is 42.5 Å². The average molecular weight is 411 g/mol. The number of aliphatic hydroxyl groups excluding tert-OH is 1. The summed E-state index contributed by atoms with van der Waals surface area (Å²) in [5.74, 6) is 0.938. The summed E-state index contributed by atoms with van der Waals surface area (Å²) < 4.78 is 18.3. The molecule has 0 saturated carbocycles. The third-order valence-corrected chi connectivity index (χ3v) is 5.50. The highest BCUT2D eigenvalue weighted by Gasteiger charge is 2.38. The van der Waals surface area contributed by atoms with Crippen molar-refractivity contribution in [2.24, 2.45) is 7.05 Å². The van der Waals surface area contributed by atoms with Crippen LogP contribution in [0.1, 0.15) is 22.1 Å². The number of methoxy groups -OCH3 is 2. The summed E-state index contributed by atoms with van der Waals surface area (Å²) >= 11 is 0. The van der Waals surface area contributed by atoms with Gasteiger partial charge in [0.25, 0.3) is 5.91 Å². The van der Waals surface area contributed by atoms with Crippen LogP contribution in [0.2, 0.25) is 0 Å². The number of ether oxygens (including phenoxy) is 3. The molecule has 3 aromatic rings. The minimum Gasteiger partial charge on any atom is -0.493 e. The maximum absolute atomic E-state index is 13.6. The number of hydrogen-bond donors (Lipinski definition) is 1. The number of rotatable bonds is 5. The molecule has 0 unspecified atom stereocenters. The second-order valence-electron chi connectivity index (χ2n) is 7.14. The first-order valence-electron chi connectivity index (χ1n) is 9.76. The predicted molar refractivity (Wildman–Crippen MR) is 111 cm³/mol. The molecule has 1 N–H and O–H groups in total. The van der Waals surface area contributed by atoms with Gasteiger partial charge in [-0.25, -0.2) is 0 Å². The zero-order valence-corrected chi connectivity index (χ0v) is 17.2. The fourth-order valence-corrected chi connectivity index (χ4v) is 4.05. The van der Waals surface area contributed by atoms with E-state index in [1.54, 1.807) is 29.9 Å². The number of benzene rings is 2. The van der Waals surface area contributed by atoms with Gasteiger partial charge in [0.05, 0.1) is 39.0 Å². The van der Waals surface area contributed by atoms with Gasteiger partial charge in [0.2, 0.25) is 0 Å². The second-order valence-corrected chi connectivity index (χ2v) is 7.14. The van der Waals surface area contributed by atoms with E-state index in [1.165, 1.54) is 0 Å². The fourth-order valence-electron chi connectivity index (χ4n) is 4.05. The fraction of sp³-hybridized carbons (Fsp3) is 0.364. The molecule has 1 saturated heterocycles. The second kappa shape index (κ2) is 8.33. The predicted octanol–water partition coefficient (Wildman–Crippen LogP) is 2.17. The lowest BCUT2D eigenvalue weighted by Crippen LogP contribution is -2.49. The zero-order chi connectivity index (χ0) is 21.3. The highest BCUT2D eigenvalue weighted by Crippen LogP contribution is 2.36. The van der Waals surface area contributed by atoms with Gasteiger partial charge < -0.3 is 24.2 Å². The van der Waals surface area contributed by atoms with Gasteiger partial charge in [-0.05, 0) is 23.8 Å². The van der Waals surface area contributed by atoms with Crippen LogP contribution in [-0.4, -0.2) is 65.8 Å². The van der Waals surface area contributed by atoms with E-state index in [9.17, 15) is 9.90 Å². The number of amides is 1. The molecular weight excluding hydrogens is 386 g/mol. The number of aryl methyl sites for hydroxylation is 1.